The second kappa shape index (κ2) is 11.9. The van der Waals surface area contributed by atoms with Crippen LogP contribution in [0.15, 0.2) is 55.6 Å². The molecule has 0 aliphatic carbocycles. The number of nitrogens with zero attached hydrogens (tertiary/aromatic N) is 5. The maximum atomic E-state index is 6.15. The van der Waals surface area contributed by atoms with E-state index in [1.807, 2.05) is 12.3 Å². The minimum absolute atomic E-state index is 0.525. The van der Waals surface area contributed by atoms with Crippen LogP contribution in [0.3, 0.4) is 0 Å². The van der Waals surface area contributed by atoms with Crippen LogP contribution >= 0.6 is 11.3 Å². The minimum atomic E-state index is 0.525. The molecule has 0 fully saturated rings. The highest BCUT2D eigenvalue weighted by atomic mass is 32.1. The number of aryl methyl sites for hydroxylation is 2. The number of ether oxygens (including phenoxy) is 1. The van der Waals surface area contributed by atoms with Crippen LogP contribution in [0.5, 0.6) is 5.75 Å². The Morgan fingerprint density at radius 3 is 2.39 bits per heavy atom. The molecule has 0 atom stereocenters. The van der Waals surface area contributed by atoms with Gasteiger partial charge in [0.1, 0.15) is 11.4 Å². The summed E-state index contributed by atoms with van der Waals surface area (Å²) in [5.41, 5.74) is 5.50. The van der Waals surface area contributed by atoms with Gasteiger partial charge in [0.25, 0.3) is 0 Å². The monoisotopic (exact) mass is 500 g/mol. The average molecular weight is 501 g/mol. The van der Waals surface area contributed by atoms with Gasteiger partial charge >= 0.3 is 0 Å². The predicted molar refractivity (Wildman–Crippen MR) is 147 cm³/mol. The van der Waals surface area contributed by atoms with Crippen LogP contribution in [0.4, 0.5) is 5.13 Å². The highest BCUT2D eigenvalue weighted by molar-refractivity contribution is 7.18. The normalized spacial score (nSPS) is 11.0. The van der Waals surface area contributed by atoms with E-state index in [0.29, 0.717) is 24.0 Å². The molecule has 3 heterocycles. The molecule has 4 rings (SSSR count). The van der Waals surface area contributed by atoms with Crippen LogP contribution in [0.1, 0.15) is 37.8 Å². The molecule has 36 heavy (non-hydrogen) atoms. The minimum Gasteiger partial charge on any atom is -0.493 e. The topological polar surface area (TPSA) is 85.7 Å². The molecular weight excluding hydrogens is 468 g/mol. The third-order valence-corrected chi connectivity index (χ3v) is 7.05. The first-order valence-corrected chi connectivity index (χ1v) is 13.0. The van der Waals surface area contributed by atoms with Crippen LogP contribution in [-0.2, 0) is 0 Å². The Morgan fingerprint density at radius 1 is 0.972 bits per heavy atom. The van der Waals surface area contributed by atoms with E-state index in [2.05, 4.69) is 66.7 Å². The maximum absolute atomic E-state index is 6.15. The van der Waals surface area contributed by atoms with Gasteiger partial charge in [0.15, 0.2) is 11.0 Å². The summed E-state index contributed by atoms with van der Waals surface area (Å²) in [6.45, 7) is 13.7. The fraction of sp³-hybridized carbons (Fsp3) is 0.321. The second-order valence-electron chi connectivity index (χ2n) is 8.68. The summed E-state index contributed by atoms with van der Waals surface area (Å²) in [6.07, 6.45) is 10.8. The van der Waals surface area contributed by atoms with E-state index in [1.54, 1.807) is 36.0 Å². The van der Waals surface area contributed by atoms with Gasteiger partial charge in [-0.1, -0.05) is 44.1 Å². The third-order valence-electron chi connectivity index (χ3n) is 6.08. The van der Waals surface area contributed by atoms with Crippen LogP contribution in [0.25, 0.3) is 33.3 Å². The lowest BCUT2D eigenvalue weighted by atomic mass is 9.98. The molecule has 0 amide bonds. The van der Waals surface area contributed by atoms with E-state index < -0.39 is 0 Å². The van der Waals surface area contributed by atoms with E-state index in [9.17, 15) is 0 Å². The van der Waals surface area contributed by atoms with Crippen molar-refractivity contribution in [1.82, 2.24) is 24.9 Å². The molecule has 1 N–H and O–H groups in total. The SMILES string of the molecule is C=CCNc1ncc(-c2cc(-c3c(C)cc(OCC(CC)CC)cc3C)nc(-c3cnccn3)n2)s1. The van der Waals surface area contributed by atoms with Gasteiger partial charge in [-0.05, 0) is 49.1 Å². The first-order valence-electron chi connectivity index (χ1n) is 12.2. The molecule has 0 spiro atoms. The largest absolute Gasteiger partial charge is 0.493 e. The van der Waals surface area contributed by atoms with E-state index in [-0.39, 0.29) is 0 Å². The van der Waals surface area contributed by atoms with Crippen LogP contribution in [0.2, 0.25) is 0 Å². The van der Waals surface area contributed by atoms with E-state index in [4.69, 9.17) is 14.7 Å². The molecule has 4 aromatic rings. The predicted octanol–water partition coefficient (Wildman–Crippen LogP) is 6.75. The zero-order valence-electron chi connectivity index (χ0n) is 21.3. The van der Waals surface area contributed by atoms with Crippen LogP contribution in [0, 0.1) is 19.8 Å². The molecule has 0 unspecified atom stereocenters. The van der Waals surface area contributed by atoms with Crippen molar-refractivity contribution in [3.8, 4) is 39.1 Å². The highest BCUT2D eigenvalue weighted by Crippen LogP contribution is 2.35. The number of thiazole rings is 1. The summed E-state index contributed by atoms with van der Waals surface area (Å²) in [5, 5.41) is 4.06. The average Bonchev–Trinajstić information content (AvgIpc) is 3.37. The number of aromatic nitrogens is 5. The Bertz CT molecular complexity index is 1290. The Hall–Kier alpha value is -3.65. The van der Waals surface area contributed by atoms with Gasteiger partial charge in [-0.25, -0.2) is 19.9 Å². The van der Waals surface area contributed by atoms with Crippen LogP contribution in [-0.4, -0.2) is 38.1 Å². The molecule has 0 saturated carbocycles. The van der Waals surface area contributed by atoms with E-state index >= 15 is 0 Å². The Kier molecular flexibility index (Phi) is 8.38. The first kappa shape index (κ1) is 25.4. The van der Waals surface area contributed by atoms with Gasteiger partial charge < -0.3 is 10.1 Å². The van der Waals surface area contributed by atoms with Crippen molar-refractivity contribution in [2.45, 2.75) is 40.5 Å². The molecule has 8 heteroatoms. The molecule has 1 aromatic carbocycles. The van der Waals surface area contributed by atoms with Crippen molar-refractivity contribution in [2.24, 2.45) is 5.92 Å². The van der Waals surface area contributed by atoms with Crippen molar-refractivity contribution < 1.29 is 4.74 Å². The zero-order chi connectivity index (χ0) is 25.5. The number of hydrogen-bond donors (Lipinski definition) is 1. The van der Waals surface area contributed by atoms with Gasteiger partial charge in [-0.15, -0.1) is 6.58 Å². The van der Waals surface area contributed by atoms with Gasteiger partial charge in [0.05, 0.1) is 29.1 Å². The van der Waals surface area contributed by atoms with Gasteiger partial charge in [0.2, 0.25) is 0 Å². The molecular formula is C28H32N6OS. The fourth-order valence-electron chi connectivity index (χ4n) is 4.01. The van der Waals surface area contributed by atoms with Crippen molar-refractivity contribution in [1.29, 1.82) is 0 Å². The Balaban J connectivity index is 1.75. The smallest absolute Gasteiger partial charge is 0.183 e. The molecule has 3 aromatic heterocycles. The zero-order valence-corrected chi connectivity index (χ0v) is 22.1. The number of anilines is 1. The summed E-state index contributed by atoms with van der Waals surface area (Å²) >= 11 is 1.54. The lowest BCUT2D eigenvalue weighted by Gasteiger charge is -2.17. The summed E-state index contributed by atoms with van der Waals surface area (Å²) in [5.74, 6) is 1.98. The standard InChI is InChI=1S/C28H32N6OS/c1-6-9-31-28-32-16-25(36-28)22-14-23(34-27(33-22)24-15-29-10-11-30-24)26-18(4)12-21(13-19(26)5)35-17-20(7-2)8-3/h6,10-16,20H,1,7-9,17H2,2-5H3,(H,31,32). The molecule has 0 radical (unpaired) electrons. The van der Waals surface area contributed by atoms with E-state index in [0.717, 1.165) is 63.3 Å². The lowest BCUT2D eigenvalue weighted by molar-refractivity contribution is 0.240. The van der Waals surface area contributed by atoms with Crippen molar-refractivity contribution in [2.75, 3.05) is 18.5 Å². The number of benzene rings is 1. The number of hydrogen-bond acceptors (Lipinski definition) is 8. The molecule has 0 bridgehead atoms. The van der Waals surface area contributed by atoms with Crippen LogP contribution < -0.4 is 10.1 Å². The summed E-state index contributed by atoms with van der Waals surface area (Å²) < 4.78 is 6.15. The summed E-state index contributed by atoms with van der Waals surface area (Å²) in [4.78, 5) is 23.8. The third kappa shape index (κ3) is 5.94. The molecule has 186 valence electrons. The Labute approximate surface area is 216 Å². The van der Waals surface area contributed by atoms with Crippen molar-refractivity contribution in [3.05, 3.63) is 66.8 Å². The summed E-state index contributed by atoms with van der Waals surface area (Å²) in [6, 6.07) is 6.21. The van der Waals surface area contributed by atoms with Crippen molar-refractivity contribution in [3.63, 3.8) is 0 Å². The van der Waals surface area contributed by atoms with Gasteiger partial charge in [0, 0.05) is 30.7 Å². The van der Waals surface area contributed by atoms with E-state index in [1.165, 1.54) is 0 Å². The maximum Gasteiger partial charge on any atom is 0.183 e. The van der Waals surface area contributed by atoms with Crippen molar-refractivity contribution >= 4 is 16.5 Å². The number of nitrogens with one attached hydrogen (secondary N) is 1. The van der Waals surface area contributed by atoms with Gasteiger partial charge in [-0.2, -0.15) is 0 Å². The summed E-state index contributed by atoms with van der Waals surface area (Å²) in [7, 11) is 0. The quantitative estimate of drug-likeness (QED) is 0.228. The lowest BCUT2D eigenvalue weighted by Crippen LogP contribution is -2.10. The highest BCUT2D eigenvalue weighted by Gasteiger charge is 2.17. The Morgan fingerprint density at radius 2 is 1.72 bits per heavy atom. The van der Waals surface area contributed by atoms with Gasteiger partial charge in [-0.3, -0.25) is 4.98 Å². The molecule has 7 nitrogen and oxygen atoms in total. The second-order valence-corrected chi connectivity index (χ2v) is 9.71. The molecule has 0 aliphatic rings. The fourth-order valence-corrected chi connectivity index (χ4v) is 4.80. The molecule has 0 aliphatic heterocycles. The number of rotatable bonds is 11. The molecule has 0 saturated heterocycles. The first-order chi connectivity index (χ1) is 17.5.